The van der Waals surface area contributed by atoms with E-state index in [1.54, 1.807) is 24.3 Å². The minimum absolute atomic E-state index is 0.0412. The lowest BCUT2D eigenvalue weighted by Gasteiger charge is -2.10. The molecule has 0 aliphatic carbocycles. The fourth-order valence-electron chi connectivity index (χ4n) is 3.20. The van der Waals surface area contributed by atoms with Crippen molar-refractivity contribution in [3.63, 3.8) is 0 Å². The number of carbonyl (C=O) groups is 2. The van der Waals surface area contributed by atoms with Crippen LogP contribution in [0.3, 0.4) is 0 Å². The smallest absolute Gasteiger partial charge is 0.193 e. The second-order valence-electron chi connectivity index (χ2n) is 6.10. The van der Waals surface area contributed by atoms with Crippen molar-refractivity contribution in [3.8, 4) is 0 Å². The quantitative estimate of drug-likeness (QED) is 0.474. The standard InChI is InChI=1S/C24H16O2/c25-23(17-9-3-1-4-10-17)21-15-7-14-20-19(21)13-8-16-22(20)24(26)18-11-5-2-6-12-18/h1-16H. The van der Waals surface area contributed by atoms with Crippen molar-refractivity contribution in [3.05, 3.63) is 119 Å². The number of benzene rings is 4. The summed E-state index contributed by atoms with van der Waals surface area (Å²) >= 11 is 0. The number of rotatable bonds is 4. The molecule has 0 heterocycles. The minimum Gasteiger partial charge on any atom is -0.289 e. The van der Waals surface area contributed by atoms with Gasteiger partial charge in [-0.3, -0.25) is 9.59 Å². The molecule has 124 valence electrons. The van der Waals surface area contributed by atoms with Gasteiger partial charge in [-0.15, -0.1) is 0 Å². The molecule has 0 atom stereocenters. The zero-order valence-corrected chi connectivity index (χ0v) is 14.1. The van der Waals surface area contributed by atoms with Crippen LogP contribution in [0.5, 0.6) is 0 Å². The Labute approximate surface area is 151 Å². The molecule has 0 saturated heterocycles. The SMILES string of the molecule is O=C(c1ccccc1)c1cccc2c(C(=O)c3ccccc3)cccc12. The molecule has 2 nitrogen and oxygen atoms in total. The van der Waals surface area contributed by atoms with Gasteiger partial charge in [-0.25, -0.2) is 0 Å². The number of ketones is 2. The van der Waals surface area contributed by atoms with Gasteiger partial charge in [0, 0.05) is 22.3 Å². The molecule has 0 amide bonds. The van der Waals surface area contributed by atoms with Crippen molar-refractivity contribution in [2.24, 2.45) is 0 Å². The lowest BCUT2D eigenvalue weighted by Crippen LogP contribution is -2.05. The van der Waals surface area contributed by atoms with Crippen LogP contribution in [0.25, 0.3) is 10.8 Å². The first-order valence-corrected chi connectivity index (χ1v) is 8.47. The molecule has 0 unspecified atom stereocenters. The number of hydrogen-bond acceptors (Lipinski definition) is 2. The summed E-state index contributed by atoms with van der Waals surface area (Å²) in [6, 6.07) is 29.5. The van der Waals surface area contributed by atoms with E-state index in [0.717, 1.165) is 10.8 Å². The Morgan fingerprint density at radius 1 is 0.423 bits per heavy atom. The van der Waals surface area contributed by atoms with Gasteiger partial charge in [0.2, 0.25) is 0 Å². The topological polar surface area (TPSA) is 34.1 Å². The highest BCUT2D eigenvalue weighted by Gasteiger charge is 2.16. The van der Waals surface area contributed by atoms with Crippen LogP contribution < -0.4 is 0 Å². The van der Waals surface area contributed by atoms with Crippen LogP contribution in [-0.2, 0) is 0 Å². The van der Waals surface area contributed by atoms with Crippen LogP contribution in [0.15, 0.2) is 97.1 Å². The van der Waals surface area contributed by atoms with E-state index in [1.165, 1.54) is 0 Å². The van der Waals surface area contributed by atoms with E-state index < -0.39 is 0 Å². The van der Waals surface area contributed by atoms with Crippen molar-refractivity contribution in [1.82, 2.24) is 0 Å². The molecule has 4 aromatic carbocycles. The van der Waals surface area contributed by atoms with Crippen molar-refractivity contribution >= 4 is 22.3 Å². The maximum atomic E-state index is 12.9. The normalized spacial score (nSPS) is 10.6. The first-order chi connectivity index (χ1) is 12.8. The van der Waals surface area contributed by atoms with E-state index in [2.05, 4.69) is 0 Å². The lowest BCUT2D eigenvalue weighted by molar-refractivity contribution is 0.103. The first kappa shape index (κ1) is 16.0. The highest BCUT2D eigenvalue weighted by molar-refractivity contribution is 6.21. The maximum absolute atomic E-state index is 12.9. The third-order valence-corrected chi connectivity index (χ3v) is 4.48. The molecule has 0 saturated carbocycles. The molecular weight excluding hydrogens is 320 g/mol. The zero-order valence-electron chi connectivity index (χ0n) is 14.1. The molecule has 0 aliphatic heterocycles. The molecule has 0 bridgehead atoms. The zero-order chi connectivity index (χ0) is 17.9. The summed E-state index contributed by atoms with van der Waals surface area (Å²) in [6.07, 6.45) is 0. The molecule has 0 spiro atoms. The first-order valence-electron chi connectivity index (χ1n) is 8.47. The van der Waals surface area contributed by atoms with Gasteiger partial charge in [-0.05, 0) is 10.8 Å². The Balaban J connectivity index is 1.86. The Morgan fingerprint density at radius 3 is 1.19 bits per heavy atom. The summed E-state index contributed by atoms with van der Waals surface area (Å²) in [4.78, 5) is 25.9. The van der Waals surface area contributed by atoms with E-state index in [9.17, 15) is 9.59 Å². The molecule has 26 heavy (non-hydrogen) atoms. The van der Waals surface area contributed by atoms with E-state index in [1.807, 2.05) is 72.8 Å². The van der Waals surface area contributed by atoms with E-state index in [-0.39, 0.29) is 11.6 Å². The van der Waals surface area contributed by atoms with E-state index >= 15 is 0 Å². The Kier molecular flexibility index (Phi) is 4.16. The summed E-state index contributed by atoms with van der Waals surface area (Å²) in [5.74, 6) is -0.0824. The summed E-state index contributed by atoms with van der Waals surface area (Å²) < 4.78 is 0. The Hall–Kier alpha value is -3.52. The van der Waals surface area contributed by atoms with Gasteiger partial charge in [-0.1, -0.05) is 97.1 Å². The molecule has 0 radical (unpaired) electrons. The third-order valence-electron chi connectivity index (χ3n) is 4.48. The van der Waals surface area contributed by atoms with Gasteiger partial charge in [0.05, 0.1) is 0 Å². The van der Waals surface area contributed by atoms with Crippen LogP contribution in [-0.4, -0.2) is 11.6 Å². The van der Waals surface area contributed by atoms with Crippen LogP contribution in [0, 0.1) is 0 Å². The molecule has 0 aliphatic rings. The second kappa shape index (κ2) is 6.77. The molecule has 2 heteroatoms. The molecule has 0 fully saturated rings. The van der Waals surface area contributed by atoms with Gasteiger partial charge in [0.15, 0.2) is 11.6 Å². The predicted molar refractivity (Wildman–Crippen MR) is 104 cm³/mol. The fraction of sp³-hybridized carbons (Fsp3) is 0. The van der Waals surface area contributed by atoms with Crippen LogP contribution >= 0.6 is 0 Å². The fourth-order valence-corrected chi connectivity index (χ4v) is 3.20. The molecular formula is C24H16O2. The third kappa shape index (κ3) is 2.82. The minimum atomic E-state index is -0.0412. The summed E-state index contributed by atoms with van der Waals surface area (Å²) in [7, 11) is 0. The van der Waals surface area contributed by atoms with Crippen LogP contribution in [0.2, 0.25) is 0 Å². The molecule has 0 N–H and O–H groups in total. The van der Waals surface area contributed by atoms with Crippen LogP contribution in [0.4, 0.5) is 0 Å². The lowest BCUT2D eigenvalue weighted by atomic mass is 9.92. The number of carbonyl (C=O) groups excluding carboxylic acids is 2. The van der Waals surface area contributed by atoms with E-state index in [0.29, 0.717) is 22.3 Å². The van der Waals surface area contributed by atoms with Gasteiger partial charge < -0.3 is 0 Å². The average molecular weight is 336 g/mol. The van der Waals surface area contributed by atoms with E-state index in [4.69, 9.17) is 0 Å². The molecule has 4 rings (SSSR count). The maximum Gasteiger partial charge on any atom is 0.193 e. The Bertz CT molecular complexity index is 1010. The highest BCUT2D eigenvalue weighted by Crippen LogP contribution is 2.26. The predicted octanol–water partition coefficient (Wildman–Crippen LogP) is 5.30. The largest absolute Gasteiger partial charge is 0.289 e. The van der Waals surface area contributed by atoms with Crippen molar-refractivity contribution in [1.29, 1.82) is 0 Å². The molecule has 0 aromatic heterocycles. The number of hydrogen-bond donors (Lipinski definition) is 0. The summed E-state index contributed by atoms with van der Waals surface area (Å²) in [6.45, 7) is 0. The van der Waals surface area contributed by atoms with Crippen molar-refractivity contribution in [2.75, 3.05) is 0 Å². The highest BCUT2D eigenvalue weighted by atomic mass is 16.1. The Morgan fingerprint density at radius 2 is 0.808 bits per heavy atom. The molecule has 4 aromatic rings. The summed E-state index contributed by atoms with van der Waals surface area (Å²) in [5.41, 5.74) is 2.49. The van der Waals surface area contributed by atoms with Crippen molar-refractivity contribution in [2.45, 2.75) is 0 Å². The average Bonchev–Trinajstić information content (AvgIpc) is 2.73. The van der Waals surface area contributed by atoms with Gasteiger partial charge in [0.1, 0.15) is 0 Å². The second-order valence-corrected chi connectivity index (χ2v) is 6.10. The summed E-state index contributed by atoms with van der Waals surface area (Å²) in [5, 5.41) is 1.59. The van der Waals surface area contributed by atoms with Gasteiger partial charge >= 0.3 is 0 Å². The van der Waals surface area contributed by atoms with Crippen LogP contribution in [0.1, 0.15) is 31.8 Å². The van der Waals surface area contributed by atoms with Gasteiger partial charge in [-0.2, -0.15) is 0 Å². The number of fused-ring (bicyclic) bond motifs is 1. The van der Waals surface area contributed by atoms with Gasteiger partial charge in [0.25, 0.3) is 0 Å². The van der Waals surface area contributed by atoms with Crippen molar-refractivity contribution < 1.29 is 9.59 Å². The monoisotopic (exact) mass is 336 g/mol.